The zero-order chi connectivity index (χ0) is 13.8. The second-order valence-corrected chi connectivity index (χ2v) is 6.03. The number of nitrogens with one attached hydrogen (secondary N) is 1. The Morgan fingerprint density at radius 2 is 2.35 bits per heavy atom. The number of aromatic nitrogens is 6. The van der Waals surface area contributed by atoms with Gasteiger partial charge in [-0.1, -0.05) is 11.8 Å². The van der Waals surface area contributed by atoms with Crippen molar-refractivity contribution in [3.63, 3.8) is 0 Å². The van der Waals surface area contributed by atoms with E-state index < -0.39 is 0 Å². The van der Waals surface area contributed by atoms with E-state index in [-0.39, 0.29) is 0 Å². The Morgan fingerprint density at radius 3 is 3.10 bits per heavy atom. The summed E-state index contributed by atoms with van der Waals surface area (Å²) in [5.74, 6) is 2.02. The van der Waals surface area contributed by atoms with Crippen molar-refractivity contribution in [3.8, 4) is 0 Å². The number of tetrazole rings is 1. The van der Waals surface area contributed by atoms with Gasteiger partial charge in [0.05, 0.1) is 6.54 Å². The van der Waals surface area contributed by atoms with E-state index in [1.54, 1.807) is 11.8 Å². The number of imidazole rings is 1. The van der Waals surface area contributed by atoms with Gasteiger partial charge in [-0.3, -0.25) is 0 Å². The van der Waals surface area contributed by atoms with E-state index in [0.29, 0.717) is 0 Å². The van der Waals surface area contributed by atoms with Crippen molar-refractivity contribution in [3.05, 3.63) is 18.2 Å². The van der Waals surface area contributed by atoms with Crippen LogP contribution in [0.5, 0.6) is 0 Å². The monoisotopic (exact) mass is 293 g/mol. The molecule has 8 heteroatoms. The van der Waals surface area contributed by atoms with Crippen molar-refractivity contribution >= 4 is 11.8 Å². The molecule has 0 unspecified atom stereocenters. The first-order valence-corrected chi connectivity index (χ1v) is 7.90. The second kappa shape index (κ2) is 6.36. The van der Waals surface area contributed by atoms with Gasteiger partial charge in [-0.2, -0.15) is 0 Å². The molecule has 2 aromatic rings. The Balaban J connectivity index is 1.44. The quantitative estimate of drug-likeness (QED) is 0.714. The molecular weight excluding hydrogens is 274 g/mol. The van der Waals surface area contributed by atoms with Crippen LogP contribution in [0.3, 0.4) is 0 Å². The molecule has 0 radical (unpaired) electrons. The van der Waals surface area contributed by atoms with E-state index in [0.717, 1.165) is 42.3 Å². The van der Waals surface area contributed by atoms with Gasteiger partial charge in [-0.05, 0) is 23.3 Å². The van der Waals surface area contributed by atoms with Gasteiger partial charge in [0.15, 0.2) is 0 Å². The van der Waals surface area contributed by atoms with E-state index in [4.69, 9.17) is 0 Å². The third kappa shape index (κ3) is 3.57. The van der Waals surface area contributed by atoms with Gasteiger partial charge in [0, 0.05) is 44.2 Å². The van der Waals surface area contributed by atoms with Crippen molar-refractivity contribution in [1.82, 2.24) is 35.1 Å². The summed E-state index contributed by atoms with van der Waals surface area (Å²) < 4.78 is 3.92. The first-order chi connectivity index (χ1) is 9.83. The van der Waals surface area contributed by atoms with Crippen LogP contribution in [0.1, 0.15) is 18.7 Å². The predicted octanol–water partition coefficient (Wildman–Crippen LogP) is 0.493. The van der Waals surface area contributed by atoms with Gasteiger partial charge in [-0.15, -0.1) is 5.10 Å². The molecule has 7 nitrogen and oxygen atoms in total. The Kier molecular flexibility index (Phi) is 4.31. The lowest BCUT2D eigenvalue weighted by molar-refractivity contribution is 0.509. The van der Waals surface area contributed by atoms with Crippen LogP contribution in [-0.4, -0.2) is 48.1 Å². The molecule has 1 saturated carbocycles. The van der Waals surface area contributed by atoms with Crippen LogP contribution in [-0.2, 0) is 20.0 Å². The fourth-order valence-corrected chi connectivity index (χ4v) is 2.81. The molecule has 1 N–H and O–H groups in total. The highest BCUT2D eigenvalue weighted by Crippen LogP contribution is 2.18. The minimum absolute atomic E-state index is 0.728. The number of aryl methyl sites for hydroxylation is 2. The minimum atomic E-state index is 0.728. The van der Waals surface area contributed by atoms with E-state index >= 15 is 0 Å². The molecule has 2 aromatic heterocycles. The molecule has 1 aliphatic carbocycles. The second-order valence-electron chi connectivity index (χ2n) is 4.97. The lowest BCUT2D eigenvalue weighted by atomic mass is 10.4. The third-order valence-corrected chi connectivity index (χ3v) is 4.27. The number of nitrogens with zero attached hydrogens (tertiary/aromatic N) is 6. The smallest absolute Gasteiger partial charge is 0.209 e. The molecule has 0 spiro atoms. The molecule has 20 heavy (non-hydrogen) atoms. The zero-order valence-corrected chi connectivity index (χ0v) is 12.4. The molecule has 0 amide bonds. The number of hydrogen-bond acceptors (Lipinski definition) is 6. The Morgan fingerprint density at radius 1 is 1.45 bits per heavy atom. The highest BCUT2D eigenvalue weighted by atomic mass is 32.2. The lowest BCUT2D eigenvalue weighted by Crippen LogP contribution is -2.22. The summed E-state index contributed by atoms with van der Waals surface area (Å²) in [6.07, 6.45) is 7.32. The van der Waals surface area contributed by atoms with Crippen LogP contribution in [0.15, 0.2) is 17.6 Å². The summed E-state index contributed by atoms with van der Waals surface area (Å²) in [4.78, 5) is 4.31. The van der Waals surface area contributed by atoms with E-state index in [1.165, 1.54) is 12.8 Å². The van der Waals surface area contributed by atoms with E-state index in [1.807, 2.05) is 28.7 Å². The average molecular weight is 293 g/mol. The number of thioether (sulfide) groups is 1. The molecular formula is C12H19N7S. The normalized spacial score (nSPS) is 14.8. The van der Waals surface area contributed by atoms with Crippen LogP contribution >= 0.6 is 11.8 Å². The standard InChI is InChI=1S/C12H19N7S/c1-18-7-5-14-11(18)4-9-20-12-15-16-17-19(12)8-6-13-10-2-3-10/h5,7,10,13H,2-4,6,8-9H2,1H3. The molecule has 3 rings (SSSR count). The highest BCUT2D eigenvalue weighted by Gasteiger charge is 2.20. The maximum atomic E-state index is 4.31. The Bertz CT molecular complexity index is 546. The molecule has 0 atom stereocenters. The van der Waals surface area contributed by atoms with Gasteiger partial charge in [0.25, 0.3) is 0 Å². The molecule has 108 valence electrons. The predicted molar refractivity (Wildman–Crippen MR) is 76.5 cm³/mol. The molecule has 0 bridgehead atoms. The molecule has 1 fully saturated rings. The summed E-state index contributed by atoms with van der Waals surface area (Å²) in [5.41, 5.74) is 0. The van der Waals surface area contributed by atoms with E-state index in [9.17, 15) is 0 Å². The molecule has 0 saturated heterocycles. The fourth-order valence-electron chi connectivity index (χ4n) is 1.97. The molecule has 2 heterocycles. The van der Waals surface area contributed by atoms with Gasteiger partial charge < -0.3 is 9.88 Å². The van der Waals surface area contributed by atoms with Crippen LogP contribution in [0.25, 0.3) is 0 Å². The topological polar surface area (TPSA) is 73.5 Å². The summed E-state index contributed by atoms with van der Waals surface area (Å²) in [5, 5.41) is 16.2. The van der Waals surface area contributed by atoms with Crippen LogP contribution in [0.4, 0.5) is 0 Å². The summed E-state index contributed by atoms with van der Waals surface area (Å²) in [6, 6.07) is 0.728. The molecule has 1 aliphatic rings. The summed E-state index contributed by atoms with van der Waals surface area (Å²) >= 11 is 1.68. The van der Waals surface area contributed by atoms with Crippen LogP contribution < -0.4 is 5.32 Å². The number of rotatable bonds is 8. The minimum Gasteiger partial charge on any atom is -0.338 e. The summed E-state index contributed by atoms with van der Waals surface area (Å²) in [6.45, 7) is 1.76. The van der Waals surface area contributed by atoms with Crippen molar-refractivity contribution in [2.24, 2.45) is 7.05 Å². The highest BCUT2D eigenvalue weighted by molar-refractivity contribution is 7.99. The summed E-state index contributed by atoms with van der Waals surface area (Å²) in [7, 11) is 2.01. The van der Waals surface area contributed by atoms with Crippen molar-refractivity contribution in [2.45, 2.75) is 37.0 Å². The van der Waals surface area contributed by atoms with Crippen molar-refractivity contribution in [2.75, 3.05) is 12.3 Å². The Hall–Kier alpha value is -1.41. The first-order valence-electron chi connectivity index (χ1n) is 6.91. The largest absolute Gasteiger partial charge is 0.338 e. The van der Waals surface area contributed by atoms with Crippen LogP contribution in [0.2, 0.25) is 0 Å². The van der Waals surface area contributed by atoms with Crippen molar-refractivity contribution in [1.29, 1.82) is 0 Å². The van der Waals surface area contributed by atoms with Gasteiger partial charge in [0.2, 0.25) is 5.16 Å². The third-order valence-electron chi connectivity index (χ3n) is 3.31. The maximum absolute atomic E-state index is 4.31. The van der Waals surface area contributed by atoms with E-state index in [2.05, 4.69) is 25.8 Å². The molecule has 0 aliphatic heterocycles. The van der Waals surface area contributed by atoms with Gasteiger partial charge in [-0.25, -0.2) is 9.67 Å². The van der Waals surface area contributed by atoms with Crippen molar-refractivity contribution < 1.29 is 0 Å². The average Bonchev–Trinajstić information content (AvgIpc) is 3.01. The number of hydrogen-bond donors (Lipinski definition) is 1. The SMILES string of the molecule is Cn1ccnc1CCSc1nnnn1CCNC1CC1. The van der Waals surface area contributed by atoms with Gasteiger partial charge in [0.1, 0.15) is 5.82 Å². The van der Waals surface area contributed by atoms with Gasteiger partial charge >= 0.3 is 0 Å². The zero-order valence-electron chi connectivity index (χ0n) is 11.6. The first kappa shape index (κ1) is 13.6. The maximum Gasteiger partial charge on any atom is 0.209 e. The van der Waals surface area contributed by atoms with Crippen LogP contribution in [0, 0.1) is 0 Å². The molecule has 0 aromatic carbocycles. The Labute approximate surface area is 122 Å². The lowest BCUT2D eigenvalue weighted by Gasteiger charge is -2.05. The fraction of sp³-hybridized carbons (Fsp3) is 0.667.